The van der Waals surface area contributed by atoms with Gasteiger partial charge in [0.1, 0.15) is 5.75 Å². The van der Waals surface area contributed by atoms with Crippen molar-refractivity contribution in [2.45, 2.75) is 13.8 Å². The molecule has 1 rings (SSSR count). The van der Waals surface area contributed by atoms with Crippen LogP contribution in [0.2, 0.25) is 0 Å². The monoisotopic (exact) mass is 206 g/mol. The van der Waals surface area contributed by atoms with Crippen LogP contribution in [-0.4, -0.2) is 19.9 Å². The van der Waals surface area contributed by atoms with Crippen molar-refractivity contribution in [3.05, 3.63) is 29.8 Å². The van der Waals surface area contributed by atoms with E-state index in [0.717, 1.165) is 17.9 Å². The van der Waals surface area contributed by atoms with Crippen LogP contribution in [0.15, 0.2) is 29.4 Å². The Labute approximate surface area is 91.1 Å². The van der Waals surface area contributed by atoms with Gasteiger partial charge in [-0.05, 0) is 35.7 Å². The van der Waals surface area contributed by atoms with Crippen LogP contribution in [0.25, 0.3) is 0 Å². The van der Waals surface area contributed by atoms with E-state index in [-0.39, 0.29) is 0 Å². The van der Waals surface area contributed by atoms with Gasteiger partial charge in [0.2, 0.25) is 0 Å². The predicted octanol–water partition coefficient (Wildman–Crippen LogP) is 2.27. The van der Waals surface area contributed by atoms with E-state index in [1.54, 1.807) is 13.3 Å². The molecule has 0 saturated carbocycles. The number of nitrogens with one attached hydrogen (secondary N) is 1. The lowest BCUT2D eigenvalue weighted by atomic mass is 10.2. The summed E-state index contributed by atoms with van der Waals surface area (Å²) in [5, 5.41) is 3.93. The van der Waals surface area contributed by atoms with Crippen LogP contribution in [0.5, 0.6) is 5.75 Å². The fourth-order valence-corrected chi connectivity index (χ4v) is 1.05. The summed E-state index contributed by atoms with van der Waals surface area (Å²) in [4.78, 5) is 0. The number of benzene rings is 1. The molecule has 0 amide bonds. The highest BCUT2D eigenvalue weighted by Gasteiger charge is 1.96. The van der Waals surface area contributed by atoms with Crippen LogP contribution in [0, 0.1) is 5.92 Å². The highest BCUT2D eigenvalue weighted by molar-refractivity contribution is 5.79. The van der Waals surface area contributed by atoms with Gasteiger partial charge < -0.3 is 10.2 Å². The normalized spacial score (nSPS) is 10.9. The minimum atomic E-state index is 0.551. The first-order valence-corrected chi connectivity index (χ1v) is 5.15. The molecule has 1 aromatic carbocycles. The maximum absolute atomic E-state index is 5.57. The third-order valence-electron chi connectivity index (χ3n) is 1.81. The van der Waals surface area contributed by atoms with E-state index < -0.39 is 0 Å². The van der Waals surface area contributed by atoms with Gasteiger partial charge in [-0.3, -0.25) is 0 Å². The Morgan fingerprint density at radius 2 is 2.00 bits per heavy atom. The summed E-state index contributed by atoms with van der Waals surface area (Å²) < 4.78 is 5.57. The van der Waals surface area contributed by atoms with Gasteiger partial charge in [0.15, 0.2) is 0 Å². The van der Waals surface area contributed by atoms with Gasteiger partial charge in [-0.2, -0.15) is 5.10 Å². The number of nitrogens with zero attached hydrogens (tertiary/aromatic N) is 1. The molecule has 0 unspecified atom stereocenters. The maximum atomic E-state index is 5.57. The molecule has 0 aromatic heterocycles. The van der Waals surface area contributed by atoms with E-state index in [0.29, 0.717) is 5.92 Å². The molecule has 0 aliphatic heterocycles. The zero-order valence-electron chi connectivity index (χ0n) is 9.53. The van der Waals surface area contributed by atoms with Gasteiger partial charge in [0.25, 0.3) is 0 Å². The Morgan fingerprint density at radius 1 is 1.33 bits per heavy atom. The molecule has 0 atom stereocenters. The zero-order chi connectivity index (χ0) is 11.1. The van der Waals surface area contributed by atoms with Crippen molar-refractivity contribution >= 4 is 6.21 Å². The Hall–Kier alpha value is -1.51. The molecule has 3 heteroatoms. The number of rotatable bonds is 5. The molecule has 0 aliphatic rings. The summed E-state index contributed by atoms with van der Waals surface area (Å²) in [6, 6.07) is 7.88. The lowest BCUT2D eigenvalue weighted by Crippen LogP contribution is -2.04. The average Bonchev–Trinajstić information content (AvgIpc) is 2.25. The zero-order valence-corrected chi connectivity index (χ0v) is 9.53. The second kappa shape index (κ2) is 6.06. The Kier molecular flexibility index (Phi) is 4.68. The summed E-state index contributed by atoms with van der Waals surface area (Å²) in [5.74, 6) is 1.46. The first kappa shape index (κ1) is 11.6. The van der Waals surface area contributed by atoms with E-state index in [2.05, 4.69) is 24.4 Å². The van der Waals surface area contributed by atoms with Crippen LogP contribution < -0.4 is 10.2 Å². The van der Waals surface area contributed by atoms with E-state index >= 15 is 0 Å². The van der Waals surface area contributed by atoms with Gasteiger partial charge in [0.05, 0.1) is 12.8 Å². The van der Waals surface area contributed by atoms with Crippen molar-refractivity contribution in [3.63, 3.8) is 0 Å². The minimum Gasteiger partial charge on any atom is -0.493 e. The Bertz CT molecular complexity index is 304. The molecule has 0 heterocycles. The number of hydrazone groups is 1. The second-order valence-electron chi connectivity index (χ2n) is 3.76. The molecule has 0 fully saturated rings. The molecule has 0 saturated heterocycles. The van der Waals surface area contributed by atoms with Crippen molar-refractivity contribution < 1.29 is 4.74 Å². The van der Waals surface area contributed by atoms with E-state index in [1.165, 1.54) is 0 Å². The smallest absolute Gasteiger partial charge is 0.119 e. The summed E-state index contributed by atoms with van der Waals surface area (Å²) in [6.07, 6.45) is 1.77. The third-order valence-corrected chi connectivity index (χ3v) is 1.81. The largest absolute Gasteiger partial charge is 0.493 e. The van der Waals surface area contributed by atoms with Gasteiger partial charge in [-0.25, -0.2) is 0 Å². The third kappa shape index (κ3) is 4.49. The fraction of sp³-hybridized carbons (Fsp3) is 0.417. The lowest BCUT2D eigenvalue weighted by molar-refractivity contribution is 0.271. The highest BCUT2D eigenvalue weighted by atomic mass is 16.5. The first-order chi connectivity index (χ1) is 7.22. The number of hydrogen-bond acceptors (Lipinski definition) is 3. The van der Waals surface area contributed by atoms with Gasteiger partial charge >= 0.3 is 0 Å². The van der Waals surface area contributed by atoms with Gasteiger partial charge in [0, 0.05) is 7.05 Å². The SMILES string of the molecule is CN/N=C/c1ccc(OCC(C)C)cc1. The average molecular weight is 206 g/mol. The summed E-state index contributed by atoms with van der Waals surface area (Å²) >= 11 is 0. The second-order valence-corrected chi connectivity index (χ2v) is 3.76. The first-order valence-electron chi connectivity index (χ1n) is 5.15. The van der Waals surface area contributed by atoms with Crippen molar-refractivity contribution in [1.82, 2.24) is 5.43 Å². The molecular weight excluding hydrogens is 188 g/mol. The molecule has 82 valence electrons. The van der Waals surface area contributed by atoms with E-state index in [4.69, 9.17) is 4.74 Å². The molecule has 15 heavy (non-hydrogen) atoms. The quantitative estimate of drug-likeness (QED) is 0.592. The number of ether oxygens (including phenoxy) is 1. The van der Waals surface area contributed by atoms with Crippen LogP contribution in [0.3, 0.4) is 0 Å². The lowest BCUT2D eigenvalue weighted by Gasteiger charge is -2.08. The van der Waals surface area contributed by atoms with Crippen molar-refractivity contribution in [1.29, 1.82) is 0 Å². The minimum absolute atomic E-state index is 0.551. The molecule has 0 spiro atoms. The summed E-state index contributed by atoms with van der Waals surface area (Å²) in [6.45, 7) is 5.02. The van der Waals surface area contributed by atoms with Crippen LogP contribution >= 0.6 is 0 Å². The standard InChI is InChI=1S/C12H18N2O/c1-10(2)9-15-12-6-4-11(5-7-12)8-14-13-3/h4-8,10,13H,9H2,1-3H3/b14-8+. The van der Waals surface area contributed by atoms with Crippen molar-refractivity contribution in [2.75, 3.05) is 13.7 Å². The molecule has 3 nitrogen and oxygen atoms in total. The van der Waals surface area contributed by atoms with Crippen molar-refractivity contribution in [2.24, 2.45) is 11.0 Å². The maximum Gasteiger partial charge on any atom is 0.119 e. The van der Waals surface area contributed by atoms with Gasteiger partial charge in [-0.15, -0.1) is 0 Å². The van der Waals surface area contributed by atoms with Crippen LogP contribution in [0.1, 0.15) is 19.4 Å². The topological polar surface area (TPSA) is 33.6 Å². The molecular formula is C12H18N2O. The molecule has 0 aliphatic carbocycles. The van der Waals surface area contributed by atoms with E-state index in [1.807, 2.05) is 24.3 Å². The molecule has 1 N–H and O–H groups in total. The van der Waals surface area contributed by atoms with E-state index in [9.17, 15) is 0 Å². The van der Waals surface area contributed by atoms with Crippen molar-refractivity contribution in [3.8, 4) is 5.75 Å². The molecule has 0 radical (unpaired) electrons. The van der Waals surface area contributed by atoms with Gasteiger partial charge in [-0.1, -0.05) is 13.8 Å². The Balaban J connectivity index is 2.52. The number of hydrogen-bond donors (Lipinski definition) is 1. The molecule has 1 aromatic rings. The highest BCUT2D eigenvalue weighted by Crippen LogP contribution is 2.12. The summed E-state index contributed by atoms with van der Waals surface area (Å²) in [7, 11) is 1.77. The van der Waals surface area contributed by atoms with Crippen LogP contribution in [0.4, 0.5) is 0 Å². The molecule has 0 bridgehead atoms. The predicted molar refractivity (Wildman–Crippen MR) is 63.4 cm³/mol. The summed E-state index contributed by atoms with van der Waals surface area (Å²) in [5.41, 5.74) is 3.77. The fourth-order valence-electron chi connectivity index (χ4n) is 1.05. The Morgan fingerprint density at radius 3 is 2.53 bits per heavy atom. The van der Waals surface area contributed by atoms with Crippen LogP contribution in [-0.2, 0) is 0 Å².